The highest BCUT2D eigenvalue weighted by molar-refractivity contribution is 6.29. The summed E-state index contributed by atoms with van der Waals surface area (Å²) in [6.45, 7) is -0.212. The molecule has 0 saturated carbocycles. The molecule has 4 rings (SSSR count). The lowest BCUT2D eigenvalue weighted by molar-refractivity contribution is 0.0315. The first-order valence-electron chi connectivity index (χ1n) is 9.04. The van der Waals surface area contributed by atoms with Gasteiger partial charge in [-0.1, -0.05) is 0 Å². The van der Waals surface area contributed by atoms with E-state index in [1.807, 2.05) is 0 Å². The lowest BCUT2D eigenvalue weighted by Crippen LogP contribution is -2.24. The molecule has 2 aromatic rings. The number of hydrogen-bond donors (Lipinski definition) is 3. The minimum Gasteiger partial charge on any atom is -0.497 e. The molecule has 0 aromatic heterocycles. The molecule has 150 valence electrons. The Hall–Kier alpha value is -3.23. The standard InChI is InChI=1S/C21H19NO7/c1-22-21(27)29-8-9-5-14-17(13-7-15(23)20(26)16(9)13)19(25)12-6-10(28-2)3-4-11(12)18(14)24/h3-6,15,20,23,26H,7-8H2,1-2H3,(H,22,27). The van der Waals surface area contributed by atoms with E-state index in [1.165, 1.54) is 32.4 Å². The highest BCUT2D eigenvalue weighted by Crippen LogP contribution is 2.42. The fourth-order valence-corrected chi connectivity index (χ4v) is 4.00. The van der Waals surface area contributed by atoms with Crippen molar-refractivity contribution in [3.63, 3.8) is 0 Å². The van der Waals surface area contributed by atoms with Crippen LogP contribution in [0, 0.1) is 0 Å². The summed E-state index contributed by atoms with van der Waals surface area (Å²) in [6, 6.07) is 6.11. The Morgan fingerprint density at radius 3 is 2.59 bits per heavy atom. The number of methoxy groups -OCH3 is 1. The van der Waals surface area contributed by atoms with Crippen LogP contribution in [0.1, 0.15) is 54.6 Å². The fraction of sp³-hybridized carbons (Fsp3) is 0.286. The number of benzene rings is 2. The average Bonchev–Trinajstić information content (AvgIpc) is 3.03. The molecule has 0 aliphatic heterocycles. The van der Waals surface area contributed by atoms with Crippen molar-refractivity contribution in [3.05, 3.63) is 63.2 Å². The molecule has 2 unspecified atom stereocenters. The molecule has 0 saturated heterocycles. The maximum atomic E-state index is 13.3. The molecule has 0 heterocycles. The Bertz CT molecular complexity index is 1060. The van der Waals surface area contributed by atoms with Gasteiger partial charge in [-0.05, 0) is 41.0 Å². The lowest BCUT2D eigenvalue weighted by atomic mass is 9.79. The SMILES string of the molecule is CNC(=O)OCc1cc2c(c3c1C(O)C(O)C3)C(=O)c1cc(OC)ccc1C2=O. The number of ketones is 2. The summed E-state index contributed by atoms with van der Waals surface area (Å²) in [5, 5.41) is 23.0. The molecule has 2 atom stereocenters. The number of carbonyl (C=O) groups is 3. The summed E-state index contributed by atoms with van der Waals surface area (Å²) in [5.74, 6) is -0.275. The predicted octanol–water partition coefficient (Wildman–Crippen LogP) is 1.28. The summed E-state index contributed by atoms with van der Waals surface area (Å²) in [6.07, 6.45) is -3.02. The van der Waals surface area contributed by atoms with E-state index in [0.717, 1.165) is 0 Å². The number of aliphatic hydroxyl groups is 2. The number of nitrogens with one attached hydrogen (secondary N) is 1. The number of fused-ring (bicyclic) bond motifs is 4. The molecule has 0 spiro atoms. The molecule has 0 bridgehead atoms. The van der Waals surface area contributed by atoms with Crippen LogP contribution in [0.15, 0.2) is 24.3 Å². The lowest BCUT2D eigenvalue weighted by Gasteiger charge is -2.23. The second kappa shape index (κ2) is 6.98. The van der Waals surface area contributed by atoms with Gasteiger partial charge in [0, 0.05) is 35.7 Å². The van der Waals surface area contributed by atoms with Crippen LogP contribution in [0.25, 0.3) is 0 Å². The van der Waals surface area contributed by atoms with Crippen molar-refractivity contribution in [2.45, 2.75) is 25.2 Å². The first-order chi connectivity index (χ1) is 13.9. The third-order valence-electron chi connectivity index (χ3n) is 5.38. The van der Waals surface area contributed by atoms with E-state index in [9.17, 15) is 24.6 Å². The van der Waals surface area contributed by atoms with Crippen molar-refractivity contribution in [2.24, 2.45) is 0 Å². The Morgan fingerprint density at radius 1 is 1.14 bits per heavy atom. The van der Waals surface area contributed by atoms with Gasteiger partial charge in [0.2, 0.25) is 0 Å². The summed E-state index contributed by atoms with van der Waals surface area (Å²) < 4.78 is 10.2. The van der Waals surface area contributed by atoms with E-state index < -0.39 is 18.3 Å². The van der Waals surface area contributed by atoms with Gasteiger partial charge in [-0.25, -0.2) is 4.79 Å². The molecular weight excluding hydrogens is 378 g/mol. The summed E-state index contributed by atoms with van der Waals surface area (Å²) in [4.78, 5) is 37.9. The molecule has 8 nitrogen and oxygen atoms in total. The molecule has 2 aromatic carbocycles. The minimum atomic E-state index is -1.24. The van der Waals surface area contributed by atoms with Gasteiger partial charge in [0.15, 0.2) is 11.6 Å². The third kappa shape index (κ3) is 2.88. The number of carbonyl (C=O) groups excluding carboxylic acids is 3. The zero-order valence-corrected chi connectivity index (χ0v) is 15.8. The van der Waals surface area contributed by atoms with Gasteiger partial charge in [0.05, 0.1) is 13.2 Å². The van der Waals surface area contributed by atoms with Crippen LogP contribution in [0.3, 0.4) is 0 Å². The van der Waals surface area contributed by atoms with Crippen molar-refractivity contribution >= 4 is 17.7 Å². The Labute approximate surface area is 166 Å². The van der Waals surface area contributed by atoms with Gasteiger partial charge in [0.25, 0.3) is 0 Å². The van der Waals surface area contributed by atoms with Gasteiger partial charge in [0.1, 0.15) is 18.5 Å². The number of amides is 1. The van der Waals surface area contributed by atoms with Crippen molar-refractivity contribution in [1.29, 1.82) is 0 Å². The Kier molecular flexibility index (Phi) is 4.60. The second-order valence-electron chi connectivity index (χ2n) is 6.96. The molecule has 29 heavy (non-hydrogen) atoms. The van der Waals surface area contributed by atoms with Crippen LogP contribution in [0.4, 0.5) is 4.79 Å². The molecule has 8 heteroatoms. The molecule has 3 N–H and O–H groups in total. The fourth-order valence-electron chi connectivity index (χ4n) is 4.00. The van der Waals surface area contributed by atoms with Crippen LogP contribution in [-0.2, 0) is 17.8 Å². The van der Waals surface area contributed by atoms with E-state index in [0.29, 0.717) is 22.4 Å². The topological polar surface area (TPSA) is 122 Å². The summed E-state index contributed by atoms with van der Waals surface area (Å²) >= 11 is 0. The van der Waals surface area contributed by atoms with E-state index in [2.05, 4.69) is 5.32 Å². The average molecular weight is 397 g/mol. The largest absolute Gasteiger partial charge is 0.497 e. The number of ether oxygens (including phenoxy) is 2. The zero-order valence-electron chi connectivity index (χ0n) is 15.8. The third-order valence-corrected chi connectivity index (χ3v) is 5.38. The predicted molar refractivity (Wildman–Crippen MR) is 100 cm³/mol. The minimum absolute atomic E-state index is 0.0188. The maximum absolute atomic E-state index is 13.3. The van der Waals surface area contributed by atoms with Crippen LogP contribution >= 0.6 is 0 Å². The van der Waals surface area contributed by atoms with Crippen molar-refractivity contribution in [3.8, 4) is 5.75 Å². The van der Waals surface area contributed by atoms with Gasteiger partial charge in [-0.15, -0.1) is 0 Å². The van der Waals surface area contributed by atoms with Crippen molar-refractivity contribution in [2.75, 3.05) is 14.2 Å². The number of rotatable bonds is 3. The first kappa shape index (κ1) is 19.1. The van der Waals surface area contributed by atoms with E-state index >= 15 is 0 Å². The molecule has 2 aliphatic rings. The molecule has 1 amide bonds. The zero-order chi connectivity index (χ0) is 20.9. The highest BCUT2D eigenvalue weighted by Gasteiger charge is 2.40. The number of hydrogen-bond acceptors (Lipinski definition) is 7. The highest BCUT2D eigenvalue weighted by atomic mass is 16.5. The quantitative estimate of drug-likeness (QED) is 0.608. The molecule has 0 fully saturated rings. The summed E-state index contributed by atoms with van der Waals surface area (Å²) in [7, 11) is 2.87. The van der Waals surface area contributed by atoms with Crippen LogP contribution < -0.4 is 10.1 Å². The number of aliphatic hydroxyl groups excluding tert-OH is 2. The smallest absolute Gasteiger partial charge is 0.407 e. The monoisotopic (exact) mass is 397 g/mol. The van der Waals surface area contributed by atoms with Gasteiger partial charge < -0.3 is 25.0 Å². The van der Waals surface area contributed by atoms with Gasteiger partial charge in [-0.3, -0.25) is 9.59 Å². The number of alkyl carbamates (subject to hydrolysis) is 1. The maximum Gasteiger partial charge on any atom is 0.407 e. The van der Waals surface area contributed by atoms with E-state index in [-0.39, 0.29) is 46.8 Å². The van der Waals surface area contributed by atoms with Crippen LogP contribution in [0.2, 0.25) is 0 Å². The van der Waals surface area contributed by atoms with Crippen LogP contribution in [0.5, 0.6) is 5.75 Å². The van der Waals surface area contributed by atoms with E-state index in [1.54, 1.807) is 6.07 Å². The second-order valence-corrected chi connectivity index (χ2v) is 6.96. The Balaban J connectivity index is 1.90. The van der Waals surface area contributed by atoms with Gasteiger partial charge >= 0.3 is 6.09 Å². The van der Waals surface area contributed by atoms with Crippen LogP contribution in [-0.4, -0.2) is 48.1 Å². The molecule has 2 aliphatic carbocycles. The molecular formula is C21H19NO7. The van der Waals surface area contributed by atoms with Gasteiger partial charge in [-0.2, -0.15) is 0 Å². The van der Waals surface area contributed by atoms with Crippen molar-refractivity contribution in [1.82, 2.24) is 5.32 Å². The normalized spacial score (nSPS) is 19.3. The first-order valence-corrected chi connectivity index (χ1v) is 9.04. The molecule has 0 radical (unpaired) electrons. The van der Waals surface area contributed by atoms with E-state index in [4.69, 9.17) is 9.47 Å². The summed E-state index contributed by atoms with van der Waals surface area (Å²) in [5.41, 5.74) is 1.92. The Morgan fingerprint density at radius 2 is 1.90 bits per heavy atom. The van der Waals surface area contributed by atoms with Crippen molar-refractivity contribution < 1.29 is 34.1 Å².